The molecule has 1 aromatic carbocycles. The summed E-state index contributed by atoms with van der Waals surface area (Å²) in [5, 5.41) is 0.736. The van der Waals surface area contributed by atoms with Gasteiger partial charge in [0.2, 0.25) is 5.88 Å². The second-order valence-corrected chi connectivity index (χ2v) is 5.65. The minimum atomic E-state index is 0.467. The van der Waals surface area contributed by atoms with Gasteiger partial charge in [-0.2, -0.15) is 4.98 Å². The van der Waals surface area contributed by atoms with Crippen LogP contribution in [-0.4, -0.2) is 16.6 Å². The van der Waals surface area contributed by atoms with Crippen molar-refractivity contribution in [1.82, 2.24) is 9.97 Å². The van der Waals surface area contributed by atoms with E-state index in [1.807, 2.05) is 6.92 Å². The molecule has 0 atom stereocenters. The molecule has 0 radical (unpaired) electrons. The van der Waals surface area contributed by atoms with E-state index in [9.17, 15) is 0 Å². The van der Waals surface area contributed by atoms with E-state index >= 15 is 0 Å². The van der Waals surface area contributed by atoms with Crippen LogP contribution in [0.15, 0.2) is 34.4 Å². The molecule has 2 rings (SSSR count). The van der Waals surface area contributed by atoms with Crippen LogP contribution in [0.2, 0.25) is 0 Å². The van der Waals surface area contributed by atoms with Crippen LogP contribution in [0.1, 0.15) is 24.5 Å². The first kappa shape index (κ1) is 14.7. The number of benzene rings is 1. The van der Waals surface area contributed by atoms with E-state index in [-0.39, 0.29) is 0 Å². The van der Waals surface area contributed by atoms with Crippen LogP contribution in [0.4, 0.5) is 5.69 Å². The number of hydrogen-bond donors (Lipinski definition) is 1. The fourth-order valence-electron chi connectivity index (χ4n) is 1.68. The van der Waals surface area contributed by atoms with Crippen molar-refractivity contribution in [3.05, 3.63) is 35.7 Å². The second-order valence-electron chi connectivity index (χ2n) is 4.62. The van der Waals surface area contributed by atoms with Gasteiger partial charge < -0.3 is 10.5 Å². The highest BCUT2D eigenvalue weighted by atomic mass is 32.2. The Labute approximate surface area is 123 Å². The van der Waals surface area contributed by atoms with Crippen LogP contribution in [0, 0.1) is 13.8 Å². The fraction of sp³-hybridized carbons (Fsp3) is 0.333. The highest BCUT2D eigenvalue weighted by Gasteiger charge is 2.11. The minimum absolute atomic E-state index is 0.467. The first-order valence-corrected chi connectivity index (χ1v) is 7.41. The molecule has 0 amide bonds. The number of nitrogen functional groups attached to an aromatic ring is 1. The lowest BCUT2D eigenvalue weighted by atomic mass is 10.2. The van der Waals surface area contributed by atoms with Gasteiger partial charge in [0.05, 0.1) is 6.61 Å². The predicted octanol–water partition coefficient (Wildman–Crippen LogP) is 3.62. The van der Waals surface area contributed by atoms with Crippen molar-refractivity contribution in [2.75, 3.05) is 12.3 Å². The molecule has 20 heavy (non-hydrogen) atoms. The van der Waals surface area contributed by atoms with Gasteiger partial charge in [0.1, 0.15) is 17.0 Å². The molecule has 0 saturated heterocycles. The van der Waals surface area contributed by atoms with Crippen LogP contribution in [0.5, 0.6) is 5.88 Å². The number of rotatable bonds is 5. The van der Waals surface area contributed by atoms with Crippen LogP contribution >= 0.6 is 11.8 Å². The summed E-state index contributed by atoms with van der Waals surface area (Å²) in [5.74, 6) is 0.467. The SMILES string of the molecule is CCCOc1ncnc(Sc2cc(C)ccc2C)c1N. The van der Waals surface area contributed by atoms with Crippen molar-refractivity contribution < 1.29 is 4.74 Å². The molecule has 106 valence electrons. The van der Waals surface area contributed by atoms with E-state index in [2.05, 4.69) is 42.0 Å². The number of aromatic nitrogens is 2. The Hall–Kier alpha value is -1.75. The van der Waals surface area contributed by atoms with E-state index in [4.69, 9.17) is 10.5 Å². The van der Waals surface area contributed by atoms with Crippen molar-refractivity contribution in [3.8, 4) is 5.88 Å². The molecule has 4 nitrogen and oxygen atoms in total. The average molecular weight is 289 g/mol. The highest BCUT2D eigenvalue weighted by molar-refractivity contribution is 7.99. The van der Waals surface area contributed by atoms with Crippen molar-refractivity contribution in [2.45, 2.75) is 37.1 Å². The Bertz CT molecular complexity index is 602. The van der Waals surface area contributed by atoms with Gasteiger partial charge >= 0.3 is 0 Å². The number of ether oxygens (including phenoxy) is 1. The average Bonchev–Trinajstić information content (AvgIpc) is 2.44. The molecule has 1 aromatic heterocycles. The van der Waals surface area contributed by atoms with Crippen molar-refractivity contribution in [3.63, 3.8) is 0 Å². The number of aryl methyl sites for hydroxylation is 2. The molecule has 2 N–H and O–H groups in total. The third-order valence-corrected chi connectivity index (χ3v) is 3.98. The lowest BCUT2D eigenvalue weighted by Gasteiger charge is -2.11. The quantitative estimate of drug-likeness (QED) is 0.852. The standard InChI is InChI=1S/C15H19N3OS/c1-4-7-19-14-13(16)15(18-9-17-14)20-12-8-10(2)5-6-11(12)3/h5-6,8-9H,4,7,16H2,1-3H3. The van der Waals surface area contributed by atoms with Crippen LogP contribution in [-0.2, 0) is 0 Å². The molecule has 0 aliphatic heterocycles. The Morgan fingerprint density at radius 3 is 2.80 bits per heavy atom. The van der Waals surface area contributed by atoms with Crippen LogP contribution in [0.3, 0.4) is 0 Å². The summed E-state index contributed by atoms with van der Waals surface area (Å²) in [5.41, 5.74) is 9.01. The molecule has 5 heteroatoms. The molecule has 2 aromatic rings. The van der Waals surface area contributed by atoms with Gasteiger partial charge in [0.15, 0.2) is 0 Å². The molecule has 1 heterocycles. The maximum absolute atomic E-state index is 6.09. The van der Waals surface area contributed by atoms with Crippen LogP contribution < -0.4 is 10.5 Å². The lowest BCUT2D eigenvalue weighted by Crippen LogP contribution is -2.03. The zero-order valence-corrected chi connectivity index (χ0v) is 12.8. The minimum Gasteiger partial charge on any atom is -0.476 e. The summed E-state index contributed by atoms with van der Waals surface area (Å²) >= 11 is 1.55. The van der Waals surface area contributed by atoms with E-state index in [0.717, 1.165) is 16.3 Å². The smallest absolute Gasteiger partial charge is 0.241 e. The summed E-state index contributed by atoms with van der Waals surface area (Å²) in [4.78, 5) is 9.50. The van der Waals surface area contributed by atoms with Crippen molar-refractivity contribution in [2.24, 2.45) is 0 Å². The third-order valence-electron chi connectivity index (χ3n) is 2.80. The van der Waals surface area contributed by atoms with E-state index in [1.54, 1.807) is 11.8 Å². The number of nitrogens with zero attached hydrogens (tertiary/aromatic N) is 2. The molecule has 0 aliphatic carbocycles. The topological polar surface area (TPSA) is 61.0 Å². The Morgan fingerprint density at radius 2 is 2.05 bits per heavy atom. The monoisotopic (exact) mass is 289 g/mol. The van der Waals surface area contributed by atoms with Gasteiger partial charge in [-0.1, -0.05) is 30.8 Å². The number of anilines is 1. The van der Waals surface area contributed by atoms with Gasteiger partial charge in [-0.3, -0.25) is 0 Å². The zero-order valence-electron chi connectivity index (χ0n) is 12.0. The second kappa shape index (κ2) is 6.61. The maximum Gasteiger partial charge on any atom is 0.241 e. The Balaban J connectivity index is 2.27. The van der Waals surface area contributed by atoms with Gasteiger partial charge in [0.25, 0.3) is 0 Å². The van der Waals surface area contributed by atoms with Gasteiger partial charge in [-0.05, 0) is 37.5 Å². The Morgan fingerprint density at radius 1 is 1.25 bits per heavy atom. The molecule has 0 spiro atoms. The van der Waals surface area contributed by atoms with E-state index in [1.165, 1.54) is 17.5 Å². The third kappa shape index (κ3) is 3.42. The zero-order chi connectivity index (χ0) is 14.5. The summed E-state index contributed by atoms with van der Waals surface area (Å²) in [6, 6.07) is 6.33. The number of hydrogen-bond acceptors (Lipinski definition) is 5. The molecular formula is C15H19N3OS. The number of nitrogens with two attached hydrogens (primary N) is 1. The highest BCUT2D eigenvalue weighted by Crippen LogP contribution is 2.35. The maximum atomic E-state index is 6.09. The largest absolute Gasteiger partial charge is 0.476 e. The molecule has 0 bridgehead atoms. The summed E-state index contributed by atoms with van der Waals surface area (Å²) in [7, 11) is 0. The van der Waals surface area contributed by atoms with Gasteiger partial charge in [-0.25, -0.2) is 4.98 Å². The van der Waals surface area contributed by atoms with E-state index < -0.39 is 0 Å². The van der Waals surface area contributed by atoms with Crippen molar-refractivity contribution in [1.29, 1.82) is 0 Å². The lowest BCUT2D eigenvalue weighted by molar-refractivity contribution is 0.305. The molecule has 0 aliphatic rings. The molecule has 0 unspecified atom stereocenters. The first-order valence-electron chi connectivity index (χ1n) is 6.60. The molecular weight excluding hydrogens is 270 g/mol. The molecule has 0 fully saturated rings. The molecule has 0 saturated carbocycles. The summed E-state index contributed by atoms with van der Waals surface area (Å²) < 4.78 is 5.53. The predicted molar refractivity (Wildman–Crippen MR) is 82.3 cm³/mol. The summed E-state index contributed by atoms with van der Waals surface area (Å²) in [6.45, 7) is 6.80. The first-order chi connectivity index (χ1) is 9.61. The summed E-state index contributed by atoms with van der Waals surface area (Å²) in [6.07, 6.45) is 2.41. The van der Waals surface area contributed by atoms with E-state index in [0.29, 0.717) is 18.2 Å². The normalized spacial score (nSPS) is 10.6. The Kier molecular flexibility index (Phi) is 4.84. The fourth-order valence-corrected chi connectivity index (χ4v) is 2.66. The van der Waals surface area contributed by atoms with Gasteiger partial charge in [0, 0.05) is 4.90 Å². The van der Waals surface area contributed by atoms with Crippen molar-refractivity contribution >= 4 is 17.4 Å². The van der Waals surface area contributed by atoms with Gasteiger partial charge in [-0.15, -0.1) is 0 Å². The van der Waals surface area contributed by atoms with Crippen LogP contribution in [0.25, 0.3) is 0 Å².